The molecule has 0 aliphatic rings. The van der Waals surface area contributed by atoms with E-state index in [0.717, 1.165) is 11.3 Å². The first kappa shape index (κ1) is 8.77. The summed E-state index contributed by atoms with van der Waals surface area (Å²) in [6.45, 7) is 0.367. The van der Waals surface area contributed by atoms with Crippen LogP contribution in [0.25, 0.3) is 0 Å². The molecule has 1 aromatic heterocycles. The molecule has 0 aromatic carbocycles. The molecule has 0 unspecified atom stereocenters. The summed E-state index contributed by atoms with van der Waals surface area (Å²) in [5.74, 6) is 0. The second-order valence-electron chi connectivity index (χ2n) is 1.66. The van der Waals surface area contributed by atoms with E-state index < -0.39 is 0 Å². The highest BCUT2D eigenvalue weighted by Gasteiger charge is 2.00. The van der Waals surface area contributed by atoms with Crippen LogP contribution in [0.1, 0.15) is 0 Å². The Bertz CT molecular complexity index is 317. The van der Waals surface area contributed by atoms with Gasteiger partial charge in [0.1, 0.15) is 0 Å². The van der Waals surface area contributed by atoms with Crippen LogP contribution in [0.4, 0.5) is 0 Å². The third kappa shape index (κ3) is 2.32. The number of rotatable bonds is 2. The highest BCUT2D eigenvalue weighted by atomic mass is 35.5. The van der Waals surface area contributed by atoms with Crippen LogP contribution in [0.3, 0.4) is 0 Å². The number of halogens is 2. The van der Waals surface area contributed by atoms with E-state index in [9.17, 15) is 4.79 Å². The summed E-state index contributed by atoms with van der Waals surface area (Å²) >= 11 is 11.6. The molecule has 0 fully saturated rings. The molecule has 0 atom stereocenters. The molecular formula is C5H4Cl2N2OS. The van der Waals surface area contributed by atoms with Crippen molar-refractivity contribution in [3.8, 4) is 0 Å². The predicted octanol–water partition coefficient (Wildman–Crippen LogP) is 1.71. The van der Waals surface area contributed by atoms with E-state index in [1.54, 1.807) is 6.08 Å². The predicted molar refractivity (Wildman–Crippen MR) is 46.4 cm³/mol. The summed E-state index contributed by atoms with van der Waals surface area (Å²) in [6, 6.07) is 0. The van der Waals surface area contributed by atoms with E-state index >= 15 is 0 Å². The topological polar surface area (TPSA) is 34.9 Å². The van der Waals surface area contributed by atoms with Crippen molar-refractivity contribution in [1.82, 2.24) is 9.78 Å². The van der Waals surface area contributed by atoms with Gasteiger partial charge in [0, 0.05) is 5.54 Å². The van der Waals surface area contributed by atoms with Gasteiger partial charge in [-0.3, -0.25) is 4.79 Å². The van der Waals surface area contributed by atoms with Crippen LogP contribution in [0, 0.1) is 0 Å². The summed E-state index contributed by atoms with van der Waals surface area (Å²) in [5, 5.41) is 3.73. The quantitative estimate of drug-likeness (QED) is 0.746. The van der Waals surface area contributed by atoms with Crippen LogP contribution in [0.2, 0.25) is 4.47 Å². The molecule has 0 aliphatic carbocycles. The summed E-state index contributed by atoms with van der Waals surface area (Å²) in [6.07, 6.45) is 1.61. The maximum absolute atomic E-state index is 10.9. The smallest absolute Gasteiger partial charge is 0.255 e. The van der Waals surface area contributed by atoms with Gasteiger partial charge in [-0.15, -0.1) is 5.10 Å². The normalized spacial score (nSPS) is 11.1. The van der Waals surface area contributed by atoms with Crippen LogP contribution in [-0.2, 0) is 6.54 Å². The molecule has 0 radical (unpaired) electrons. The Labute approximate surface area is 76.9 Å². The zero-order valence-corrected chi connectivity index (χ0v) is 7.66. The molecule has 11 heavy (non-hydrogen) atoms. The Kier molecular flexibility index (Phi) is 3.11. The second kappa shape index (κ2) is 3.90. The summed E-state index contributed by atoms with van der Waals surface area (Å²) in [4.78, 5) is 10.7. The molecule has 1 heterocycles. The van der Waals surface area contributed by atoms with E-state index in [4.69, 9.17) is 23.2 Å². The van der Waals surface area contributed by atoms with Crippen molar-refractivity contribution in [2.75, 3.05) is 0 Å². The Morgan fingerprint density at radius 3 is 2.91 bits per heavy atom. The van der Waals surface area contributed by atoms with Crippen molar-refractivity contribution in [2.45, 2.75) is 6.54 Å². The number of nitrogens with zero attached hydrogens (tertiary/aromatic N) is 2. The second-order valence-corrected chi connectivity index (χ2v) is 3.44. The van der Waals surface area contributed by atoms with Crippen molar-refractivity contribution in [3.05, 3.63) is 25.7 Å². The highest BCUT2D eigenvalue weighted by molar-refractivity contribution is 7.13. The monoisotopic (exact) mass is 210 g/mol. The number of hydrogen-bond acceptors (Lipinski definition) is 3. The van der Waals surface area contributed by atoms with Gasteiger partial charge >= 0.3 is 4.87 Å². The molecule has 0 saturated carbocycles. The molecule has 0 aliphatic heterocycles. The van der Waals surface area contributed by atoms with Crippen LogP contribution >= 0.6 is 34.5 Å². The fraction of sp³-hybridized carbons (Fsp3) is 0.200. The van der Waals surface area contributed by atoms with Crippen molar-refractivity contribution in [2.24, 2.45) is 0 Å². The highest BCUT2D eigenvalue weighted by Crippen LogP contribution is 2.05. The number of hydrogen-bond donors (Lipinski definition) is 0. The first-order valence-electron chi connectivity index (χ1n) is 2.72. The average molecular weight is 211 g/mol. The third-order valence-electron chi connectivity index (χ3n) is 0.949. The Balaban J connectivity index is 2.86. The Hall–Kier alpha value is -0.320. The van der Waals surface area contributed by atoms with Crippen LogP contribution < -0.4 is 4.87 Å². The molecule has 1 rings (SSSR count). The lowest BCUT2D eigenvalue weighted by molar-refractivity contribution is 0.681. The lowest BCUT2D eigenvalue weighted by Gasteiger charge is -1.88. The molecule has 1 aromatic rings. The molecule has 0 spiro atoms. The molecule has 3 nitrogen and oxygen atoms in total. The molecule has 0 N–H and O–H groups in total. The van der Waals surface area contributed by atoms with E-state index in [2.05, 4.69) is 5.10 Å². The van der Waals surface area contributed by atoms with Gasteiger partial charge in [0.15, 0.2) is 0 Å². The molecule has 6 heteroatoms. The Morgan fingerprint density at radius 2 is 2.45 bits per heavy atom. The summed E-state index contributed by atoms with van der Waals surface area (Å²) in [7, 11) is 0. The lowest BCUT2D eigenvalue weighted by Crippen LogP contribution is -2.13. The lowest BCUT2D eigenvalue weighted by atomic mass is 10.6. The van der Waals surface area contributed by atoms with Gasteiger partial charge in [0.05, 0.1) is 6.54 Å². The standard InChI is InChI=1S/C5H4Cl2N2OS/c6-2-1-3-9-5(10)11-4(7)8-9/h1-2H,3H2/b2-1+. The average Bonchev–Trinajstić information content (AvgIpc) is 2.26. The minimum Gasteiger partial charge on any atom is -0.255 e. The Morgan fingerprint density at radius 1 is 1.73 bits per heavy atom. The SMILES string of the molecule is O=c1sc(Cl)nn1C/C=C/Cl. The van der Waals surface area contributed by atoms with Gasteiger partial charge in [0.2, 0.25) is 4.47 Å². The van der Waals surface area contributed by atoms with Crippen molar-refractivity contribution in [1.29, 1.82) is 0 Å². The van der Waals surface area contributed by atoms with Gasteiger partial charge in [-0.2, -0.15) is 0 Å². The van der Waals surface area contributed by atoms with E-state index in [1.165, 1.54) is 10.2 Å². The molecule has 0 saturated heterocycles. The van der Waals surface area contributed by atoms with Crippen LogP contribution in [0.5, 0.6) is 0 Å². The van der Waals surface area contributed by atoms with Crippen molar-refractivity contribution < 1.29 is 0 Å². The third-order valence-corrected chi connectivity index (χ3v) is 2.07. The van der Waals surface area contributed by atoms with E-state index in [-0.39, 0.29) is 9.34 Å². The largest absolute Gasteiger partial charge is 0.326 e. The minimum absolute atomic E-state index is 0.176. The van der Waals surface area contributed by atoms with E-state index in [0.29, 0.717) is 6.54 Å². The van der Waals surface area contributed by atoms with Gasteiger partial charge in [-0.05, 0) is 22.9 Å². The minimum atomic E-state index is -0.176. The van der Waals surface area contributed by atoms with Crippen LogP contribution in [0.15, 0.2) is 16.4 Å². The van der Waals surface area contributed by atoms with Crippen molar-refractivity contribution in [3.63, 3.8) is 0 Å². The maximum atomic E-state index is 10.9. The number of allylic oxidation sites excluding steroid dienone is 1. The number of aromatic nitrogens is 2. The maximum Gasteiger partial charge on any atom is 0.326 e. The van der Waals surface area contributed by atoms with Gasteiger partial charge in [-0.1, -0.05) is 17.7 Å². The summed E-state index contributed by atoms with van der Waals surface area (Å²) < 4.78 is 1.49. The molecule has 60 valence electrons. The first-order valence-corrected chi connectivity index (χ1v) is 4.36. The molecule has 0 bridgehead atoms. The van der Waals surface area contributed by atoms with Gasteiger partial charge in [-0.25, -0.2) is 4.68 Å². The fourth-order valence-corrected chi connectivity index (χ4v) is 1.41. The van der Waals surface area contributed by atoms with E-state index in [1.807, 2.05) is 0 Å². The van der Waals surface area contributed by atoms with Crippen LogP contribution in [-0.4, -0.2) is 9.78 Å². The van der Waals surface area contributed by atoms with Gasteiger partial charge in [0.25, 0.3) is 0 Å². The molecular weight excluding hydrogens is 207 g/mol. The zero-order valence-electron chi connectivity index (χ0n) is 5.33. The molecule has 0 amide bonds. The summed E-state index contributed by atoms with van der Waals surface area (Å²) in [5.41, 5.74) is 1.33. The van der Waals surface area contributed by atoms with Gasteiger partial charge < -0.3 is 0 Å². The zero-order chi connectivity index (χ0) is 8.27. The first-order chi connectivity index (χ1) is 5.24. The fourth-order valence-electron chi connectivity index (χ4n) is 0.536. The van der Waals surface area contributed by atoms with Crippen molar-refractivity contribution >= 4 is 34.5 Å².